The van der Waals surface area contributed by atoms with Crippen LogP contribution in [0.2, 0.25) is 0 Å². The molecule has 0 fully saturated rings. The van der Waals surface area contributed by atoms with Gasteiger partial charge in [0.25, 0.3) is 10.0 Å². The normalized spacial score (nSPS) is 11.5. The van der Waals surface area contributed by atoms with Crippen LogP contribution >= 0.6 is 0 Å². The Hall–Kier alpha value is -3.12. The van der Waals surface area contributed by atoms with Crippen molar-refractivity contribution in [3.05, 3.63) is 90.3 Å². The molecular formula is C20H16N2O3S. The molecule has 5 nitrogen and oxygen atoms in total. The summed E-state index contributed by atoms with van der Waals surface area (Å²) in [5.41, 5.74) is 2.78. The molecule has 4 aromatic rings. The van der Waals surface area contributed by atoms with Gasteiger partial charge in [0.15, 0.2) is 11.5 Å². The Bertz CT molecular complexity index is 1140. The molecule has 0 saturated carbocycles. The Labute approximate surface area is 151 Å². The number of rotatable bonds is 5. The van der Waals surface area contributed by atoms with Gasteiger partial charge in [-0.2, -0.15) is 0 Å². The third kappa shape index (κ3) is 3.45. The summed E-state index contributed by atoms with van der Waals surface area (Å²) >= 11 is 0. The minimum absolute atomic E-state index is 0.213. The van der Waals surface area contributed by atoms with Gasteiger partial charge < -0.3 is 4.42 Å². The summed E-state index contributed by atoms with van der Waals surface area (Å²) in [6.07, 6.45) is 0.584. The molecule has 26 heavy (non-hydrogen) atoms. The molecule has 0 bridgehead atoms. The van der Waals surface area contributed by atoms with Gasteiger partial charge in [-0.3, -0.25) is 4.72 Å². The van der Waals surface area contributed by atoms with Gasteiger partial charge in [0, 0.05) is 6.42 Å². The first-order valence-electron chi connectivity index (χ1n) is 8.11. The van der Waals surface area contributed by atoms with Crippen LogP contribution in [0.15, 0.2) is 88.2 Å². The lowest BCUT2D eigenvalue weighted by atomic mass is 10.1. The van der Waals surface area contributed by atoms with Gasteiger partial charge in [-0.1, -0.05) is 48.5 Å². The van der Waals surface area contributed by atoms with E-state index < -0.39 is 10.0 Å². The van der Waals surface area contributed by atoms with Gasteiger partial charge >= 0.3 is 0 Å². The summed E-state index contributed by atoms with van der Waals surface area (Å²) in [5, 5.41) is 0. The third-order valence-corrected chi connectivity index (χ3v) is 5.33. The number of aromatic nitrogens is 1. The van der Waals surface area contributed by atoms with Crippen LogP contribution in [0.3, 0.4) is 0 Å². The van der Waals surface area contributed by atoms with Crippen LogP contribution in [0.4, 0.5) is 5.69 Å². The molecule has 1 N–H and O–H groups in total. The standard InChI is InChI=1S/C20H16N2O3S/c23-26(24,17-9-5-2-6-10-17)22-16-11-12-19-18(14-16)21-20(25-19)13-15-7-3-1-4-8-15/h1-12,14,22H,13H2. The van der Waals surface area contributed by atoms with E-state index in [4.69, 9.17) is 4.42 Å². The fourth-order valence-electron chi connectivity index (χ4n) is 2.70. The van der Waals surface area contributed by atoms with Crippen molar-refractivity contribution in [3.8, 4) is 0 Å². The van der Waals surface area contributed by atoms with Crippen molar-refractivity contribution in [1.82, 2.24) is 4.98 Å². The van der Waals surface area contributed by atoms with Gasteiger partial charge in [0.1, 0.15) is 5.52 Å². The highest BCUT2D eigenvalue weighted by molar-refractivity contribution is 7.92. The average Bonchev–Trinajstić information content (AvgIpc) is 3.04. The highest BCUT2D eigenvalue weighted by Crippen LogP contribution is 2.23. The smallest absolute Gasteiger partial charge is 0.261 e. The van der Waals surface area contributed by atoms with E-state index >= 15 is 0 Å². The first-order chi connectivity index (χ1) is 12.6. The van der Waals surface area contributed by atoms with Gasteiger partial charge in [-0.05, 0) is 35.9 Å². The number of hydrogen-bond acceptors (Lipinski definition) is 4. The largest absolute Gasteiger partial charge is 0.440 e. The molecule has 130 valence electrons. The number of nitrogens with one attached hydrogen (secondary N) is 1. The van der Waals surface area contributed by atoms with Crippen LogP contribution in [0, 0.1) is 0 Å². The van der Waals surface area contributed by atoms with Crippen molar-refractivity contribution >= 4 is 26.8 Å². The molecule has 0 aliphatic heterocycles. The van der Waals surface area contributed by atoms with E-state index in [1.54, 1.807) is 48.5 Å². The fraction of sp³-hybridized carbons (Fsp3) is 0.0500. The molecule has 1 heterocycles. The Morgan fingerprint density at radius 3 is 2.31 bits per heavy atom. The lowest BCUT2D eigenvalue weighted by molar-refractivity contribution is 0.544. The second-order valence-corrected chi connectivity index (χ2v) is 7.55. The summed E-state index contributed by atoms with van der Waals surface area (Å²) in [5.74, 6) is 0.592. The maximum atomic E-state index is 12.4. The number of anilines is 1. The number of sulfonamides is 1. The number of nitrogens with zero attached hydrogens (tertiary/aromatic N) is 1. The first-order valence-corrected chi connectivity index (χ1v) is 9.60. The average molecular weight is 364 g/mol. The lowest BCUT2D eigenvalue weighted by Gasteiger charge is -2.07. The predicted molar refractivity (Wildman–Crippen MR) is 101 cm³/mol. The summed E-state index contributed by atoms with van der Waals surface area (Å²) in [6.45, 7) is 0. The lowest BCUT2D eigenvalue weighted by Crippen LogP contribution is -2.12. The van der Waals surface area contributed by atoms with Crippen molar-refractivity contribution in [1.29, 1.82) is 0 Å². The molecule has 6 heteroatoms. The summed E-state index contributed by atoms with van der Waals surface area (Å²) in [7, 11) is -3.63. The monoisotopic (exact) mass is 364 g/mol. The molecule has 3 aromatic carbocycles. The zero-order chi connectivity index (χ0) is 18.0. The van der Waals surface area contributed by atoms with Crippen LogP contribution in [0.5, 0.6) is 0 Å². The van der Waals surface area contributed by atoms with E-state index in [0.29, 0.717) is 29.1 Å². The van der Waals surface area contributed by atoms with Crippen molar-refractivity contribution in [3.63, 3.8) is 0 Å². The van der Waals surface area contributed by atoms with E-state index in [-0.39, 0.29) is 4.90 Å². The Kier molecular flexibility index (Phi) is 4.18. The zero-order valence-electron chi connectivity index (χ0n) is 13.8. The number of oxazole rings is 1. The van der Waals surface area contributed by atoms with Crippen molar-refractivity contribution in [2.45, 2.75) is 11.3 Å². The number of hydrogen-bond donors (Lipinski definition) is 1. The molecular weight excluding hydrogens is 348 g/mol. The van der Waals surface area contributed by atoms with Crippen LogP contribution in [0.25, 0.3) is 11.1 Å². The SMILES string of the molecule is O=S(=O)(Nc1ccc2oc(Cc3ccccc3)nc2c1)c1ccccc1. The highest BCUT2D eigenvalue weighted by Gasteiger charge is 2.14. The van der Waals surface area contributed by atoms with E-state index in [2.05, 4.69) is 9.71 Å². The van der Waals surface area contributed by atoms with Crippen molar-refractivity contribution in [2.24, 2.45) is 0 Å². The minimum Gasteiger partial charge on any atom is -0.440 e. The Morgan fingerprint density at radius 2 is 1.58 bits per heavy atom. The zero-order valence-corrected chi connectivity index (χ0v) is 14.6. The molecule has 0 radical (unpaired) electrons. The summed E-state index contributed by atoms with van der Waals surface area (Å²) in [6, 6.07) is 23.2. The van der Waals surface area contributed by atoms with E-state index in [9.17, 15) is 8.42 Å². The molecule has 4 rings (SSSR count). The van der Waals surface area contributed by atoms with E-state index in [1.807, 2.05) is 30.3 Å². The van der Waals surface area contributed by atoms with Gasteiger partial charge in [0.05, 0.1) is 10.6 Å². The fourth-order valence-corrected chi connectivity index (χ4v) is 3.77. The Balaban J connectivity index is 1.60. The molecule has 0 amide bonds. The van der Waals surface area contributed by atoms with Gasteiger partial charge in [0.2, 0.25) is 0 Å². The van der Waals surface area contributed by atoms with E-state index in [0.717, 1.165) is 5.56 Å². The Morgan fingerprint density at radius 1 is 0.885 bits per heavy atom. The molecule has 0 spiro atoms. The molecule has 0 unspecified atom stereocenters. The molecule has 1 aromatic heterocycles. The van der Waals surface area contributed by atoms with Crippen molar-refractivity contribution < 1.29 is 12.8 Å². The second kappa shape index (κ2) is 6.65. The maximum absolute atomic E-state index is 12.4. The van der Waals surface area contributed by atoms with Crippen LogP contribution in [-0.2, 0) is 16.4 Å². The number of fused-ring (bicyclic) bond motifs is 1. The predicted octanol–water partition coefficient (Wildman–Crippen LogP) is 4.22. The third-order valence-electron chi connectivity index (χ3n) is 3.94. The molecule has 0 aliphatic carbocycles. The van der Waals surface area contributed by atoms with Gasteiger partial charge in [-0.15, -0.1) is 0 Å². The highest BCUT2D eigenvalue weighted by atomic mass is 32.2. The maximum Gasteiger partial charge on any atom is 0.261 e. The number of benzene rings is 3. The van der Waals surface area contributed by atoms with E-state index in [1.165, 1.54) is 0 Å². The topological polar surface area (TPSA) is 72.2 Å². The second-order valence-electron chi connectivity index (χ2n) is 5.87. The summed E-state index contributed by atoms with van der Waals surface area (Å²) < 4.78 is 33.2. The minimum atomic E-state index is -3.63. The van der Waals surface area contributed by atoms with Crippen LogP contribution < -0.4 is 4.72 Å². The molecule has 0 aliphatic rings. The van der Waals surface area contributed by atoms with Crippen LogP contribution in [-0.4, -0.2) is 13.4 Å². The summed E-state index contributed by atoms with van der Waals surface area (Å²) in [4.78, 5) is 4.68. The molecule has 0 saturated heterocycles. The van der Waals surface area contributed by atoms with Crippen LogP contribution in [0.1, 0.15) is 11.5 Å². The van der Waals surface area contributed by atoms with Gasteiger partial charge in [-0.25, -0.2) is 13.4 Å². The quantitative estimate of drug-likeness (QED) is 0.575. The first kappa shape index (κ1) is 16.4. The van der Waals surface area contributed by atoms with Crippen molar-refractivity contribution in [2.75, 3.05) is 4.72 Å². The molecule has 0 atom stereocenters.